The largest absolute Gasteiger partial charge is 0.370 e. The molecule has 1 atom stereocenters. The van der Waals surface area contributed by atoms with Crippen LogP contribution in [0.5, 0.6) is 0 Å². The molecule has 1 aromatic heterocycles. The van der Waals surface area contributed by atoms with E-state index in [9.17, 15) is 4.39 Å². The van der Waals surface area contributed by atoms with Gasteiger partial charge in [-0.15, -0.1) is 0 Å². The van der Waals surface area contributed by atoms with Crippen molar-refractivity contribution in [3.8, 4) is 0 Å². The lowest BCUT2D eigenvalue weighted by Gasteiger charge is -2.24. The van der Waals surface area contributed by atoms with E-state index in [1.54, 1.807) is 12.1 Å². The maximum Gasteiger partial charge on any atom is 0.214 e. The highest BCUT2D eigenvalue weighted by Gasteiger charge is 2.47. The average molecular weight is 485 g/mol. The molecule has 3 heterocycles. The van der Waals surface area contributed by atoms with Crippen molar-refractivity contribution in [2.24, 2.45) is 11.3 Å². The second kappa shape index (κ2) is 8.58. The van der Waals surface area contributed by atoms with Gasteiger partial charge in [0, 0.05) is 26.2 Å². The number of benzene rings is 1. The van der Waals surface area contributed by atoms with E-state index in [0.29, 0.717) is 17.0 Å². The molecule has 0 amide bonds. The van der Waals surface area contributed by atoms with E-state index >= 15 is 4.39 Å². The Kier molecular flexibility index (Phi) is 5.97. The summed E-state index contributed by atoms with van der Waals surface area (Å²) in [6, 6.07) is 6.09. The Morgan fingerprint density at radius 3 is 2.77 bits per heavy atom. The zero-order chi connectivity index (χ0) is 21.6. The second-order valence-corrected chi connectivity index (χ2v) is 10.6. The van der Waals surface area contributed by atoms with Crippen LogP contribution in [-0.2, 0) is 0 Å². The molecule has 0 radical (unpaired) electrons. The van der Waals surface area contributed by atoms with E-state index < -0.39 is 11.8 Å². The summed E-state index contributed by atoms with van der Waals surface area (Å²) < 4.78 is 31.1. The lowest BCUT2D eigenvalue weighted by molar-refractivity contribution is 0.275. The summed E-state index contributed by atoms with van der Waals surface area (Å²) in [4.78, 5) is 8.61. The second-order valence-electron chi connectivity index (χ2n) is 8.97. The summed E-state index contributed by atoms with van der Waals surface area (Å²) in [6.45, 7) is 5.25. The summed E-state index contributed by atoms with van der Waals surface area (Å²) >= 11 is 13.8. The van der Waals surface area contributed by atoms with Crippen LogP contribution in [0.2, 0.25) is 10.0 Å². The van der Waals surface area contributed by atoms with Crippen LogP contribution in [0.3, 0.4) is 0 Å². The number of pyridine rings is 1. The van der Waals surface area contributed by atoms with E-state index in [1.165, 1.54) is 44.5 Å². The average Bonchev–Trinajstić information content (AvgIpc) is 3.15. The normalized spacial score (nSPS) is 22.5. The third-order valence-electron chi connectivity index (χ3n) is 6.69. The first kappa shape index (κ1) is 21.6. The van der Waals surface area contributed by atoms with Gasteiger partial charge in [-0.2, -0.15) is 4.39 Å². The Morgan fingerprint density at radius 2 is 2.03 bits per heavy atom. The van der Waals surface area contributed by atoms with Gasteiger partial charge in [0.1, 0.15) is 10.8 Å². The van der Waals surface area contributed by atoms with Gasteiger partial charge in [0.15, 0.2) is 5.82 Å². The molecule has 166 valence electrons. The van der Waals surface area contributed by atoms with E-state index in [2.05, 4.69) is 19.5 Å². The lowest BCUT2D eigenvalue weighted by atomic mass is 10.1. The topological polar surface area (TPSA) is 31.4 Å². The van der Waals surface area contributed by atoms with Crippen molar-refractivity contribution < 1.29 is 8.78 Å². The van der Waals surface area contributed by atoms with Gasteiger partial charge >= 0.3 is 0 Å². The van der Waals surface area contributed by atoms with Gasteiger partial charge in [-0.25, -0.2) is 9.37 Å². The van der Waals surface area contributed by atoms with E-state index in [0.717, 1.165) is 38.0 Å². The molecule has 1 saturated carbocycles. The van der Waals surface area contributed by atoms with Crippen molar-refractivity contribution >= 4 is 46.7 Å². The molecule has 4 nitrogen and oxygen atoms in total. The number of hydrogen-bond acceptors (Lipinski definition) is 5. The molecule has 3 fully saturated rings. The predicted octanol–water partition coefficient (Wildman–Crippen LogP) is 6.10. The highest BCUT2D eigenvalue weighted by Crippen LogP contribution is 2.52. The number of rotatable bonds is 6. The number of anilines is 2. The number of nitrogens with one attached hydrogen (secondary N) is 1. The van der Waals surface area contributed by atoms with E-state index in [-0.39, 0.29) is 20.8 Å². The summed E-state index contributed by atoms with van der Waals surface area (Å²) in [5.74, 6) is -0.355. The van der Waals surface area contributed by atoms with Gasteiger partial charge in [0.05, 0.1) is 15.6 Å². The quantitative estimate of drug-likeness (QED) is 0.304. The third kappa shape index (κ3) is 4.61. The third-order valence-corrected chi connectivity index (χ3v) is 8.37. The standard InChI is InChI=1S/C22H24Cl2F2N4S/c23-15-10-16(19(24)20(26)21(15)31-28-18-3-1-2-17(25)27-18)30-8-4-14(12-30)11-29-9-7-22(13-29)5-6-22/h1-3,10,14H,4-9,11-13H2,(H,27,28)/t14-/m0/s1. The van der Waals surface area contributed by atoms with Crippen molar-refractivity contribution in [2.45, 2.75) is 30.6 Å². The number of likely N-dealkylation sites (tertiary alicyclic amines) is 1. The van der Waals surface area contributed by atoms with Crippen LogP contribution >= 0.6 is 35.1 Å². The molecular weight excluding hydrogens is 461 g/mol. The Balaban J connectivity index is 1.24. The molecule has 2 aromatic rings. The fourth-order valence-electron chi connectivity index (χ4n) is 4.79. The summed E-state index contributed by atoms with van der Waals surface area (Å²) in [7, 11) is 0. The maximum absolute atomic E-state index is 15.1. The van der Waals surface area contributed by atoms with E-state index in [1.807, 2.05) is 0 Å². The smallest absolute Gasteiger partial charge is 0.214 e. The summed E-state index contributed by atoms with van der Waals surface area (Å²) in [5, 5.41) is 0.337. The van der Waals surface area contributed by atoms with Gasteiger partial charge in [-0.05, 0) is 73.7 Å². The van der Waals surface area contributed by atoms with Gasteiger partial charge in [-0.3, -0.25) is 0 Å². The highest BCUT2D eigenvalue weighted by molar-refractivity contribution is 8.00. The van der Waals surface area contributed by atoms with Crippen molar-refractivity contribution in [1.82, 2.24) is 9.88 Å². The van der Waals surface area contributed by atoms with Crippen LogP contribution in [0.15, 0.2) is 29.2 Å². The fourth-order valence-corrected chi connectivity index (χ4v) is 6.09. The lowest BCUT2D eigenvalue weighted by Crippen LogP contribution is -2.30. The van der Waals surface area contributed by atoms with Gasteiger partial charge in [-0.1, -0.05) is 29.3 Å². The molecule has 5 rings (SSSR count). The Labute approximate surface area is 195 Å². The monoisotopic (exact) mass is 484 g/mol. The zero-order valence-corrected chi connectivity index (χ0v) is 19.3. The molecule has 9 heteroatoms. The van der Waals surface area contributed by atoms with Gasteiger partial charge in [0.2, 0.25) is 5.95 Å². The van der Waals surface area contributed by atoms with Crippen LogP contribution in [0, 0.1) is 23.1 Å². The van der Waals surface area contributed by atoms with Crippen LogP contribution in [-0.4, -0.2) is 42.6 Å². The minimum absolute atomic E-state index is 0.0691. The van der Waals surface area contributed by atoms with Crippen LogP contribution in [0.1, 0.15) is 25.7 Å². The minimum atomic E-state index is -0.615. The SMILES string of the molecule is Fc1cccc(NSc2c(Cl)cc(N3CC[C@@H](CN4CCC5(CC5)C4)C3)c(Cl)c2F)n1. The predicted molar refractivity (Wildman–Crippen MR) is 123 cm³/mol. The molecule has 31 heavy (non-hydrogen) atoms. The van der Waals surface area contributed by atoms with Gasteiger partial charge < -0.3 is 14.5 Å². The molecule has 2 saturated heterocycles. The molecule has 1 N–H and O–H groups in total. The number of hydrogen-bond donors (Lipinski definition) is 1. The van der Waals surface area contributed by atoms with Crippen molar-refractivity contribution in [1.29, 1.82) is 0 Å². The van der Waals surface area contributed by atoms with Crippen LogP contribution in [0.4, 0.5) is 20.3 Å². The molecular formula is C22H24Cl2F2N4S. The van der Waals surface area contributed by atoms with Crippen molar-refractivity contribution in [3.05, 3.63) is 46.1 Å². The molecule has 3 aliphatic rings. The Bertz CT molecular complexity index is 988. The maximum atomic E-state index is 15.1. The molecule has 1 spiro atoms. The van der Waals surface area contributed by atoms with Crippen LogP contribution in [0.25, 0.3) is 0 Å². The minimum Gasteiger partial charge on any atom is -0.370 e. The number of nitrogens with zero attached hydrogens (tertiary/aromatic N) is 3. The van der Waals surface area contributed by atoms with Crippen LogP contribution < -0.4 is 9.62 Å². The first-order valence-corrected chi connectivity index (χ1v) is 12.2. The number of aromatic nitrogens is 1. The van der Waals surface area contributed by atoms with Gasteiger partial charge in [0.25, 0.3) is 0 Å². The molecule has 2 aliphatic heterocycles. The van der Waals surface area contributed by atoms with Crippen molar-refractivity contribution in [3.63, 3.8) is 0 Å². The van der Waals surface area contributed by atoms with E-state index in [4.69, 9.17) is 23.2 Å². The molecule has 0 unspecified atom stereocenters. The Hall–Kier alpha value is -1.28. The first-order chi connectivity index (χ1) is 14.9. The highest BCUT2D eigenvalue weighted by atomic mass is 35.5. The molecule has 0 bridgehead atoms. The Morgan fingerprint density at radius 1 is 1.19 bits per heavy atom. The number of halogens is 4. The molecule has 1 aromatic carbocycles. The van der Waals surface area contributed by atoms with Crippen molar-refractivity contribution in [2.75, 3.05) is 42.3 Å². The first-order valence-electron chi connectivity index (χ1n) is 10.6. The summed E-state index contributed by atoms with van der Waals surface area (Å²) in [6.07, 6.45) is 5.20. The zero-order valence-electron chi connectivity index (χ0n) is 17.0. The summed E-state index contributed by atoms with van der Waals surface area (Å²) in [5.41, 5.74) is 1.28. The molecule has 1 aliphatic carbocycles. The fraction of sp³-hybridized carbons (Fsp3) is 0.500.